The van der Waals surface area contributed by atoms with Gasteiger partial charge >= 0.3 is 0 Å². The van der Waals surface area contributed by atoms with Gasteiger partial charge in [0.25, 0.3) is 5.91 Å². The highest BCUT2D eigenvalue weighted by atomic mass is 16.2. The molecular weight excluding hydrogens is 382 g/mol. The first-order valence-corrected chi connectivity index (χ1v) is 12.9. The lowest BCUT2D eigenvalue weighted by Crippen LogP contribution is -2.50. The number of carbonyl (C=O) groups is 1. The quantitative estimate of drug-likeness (QED) is 0.681. The highest BCUT2D eigenvalue weighted by molar-refractivity contribution is 5.94. The van der Waals surface area contributed by atoms with E-state index in [4.69, 9.17) is 0 Å². The average molecular weight is 424 g/mol. The highest BCUT2D eigenvalue weighted by Gasteiger charge is 2.39. The Morgan fingerprint density at radius 1 is 0.871 bits per heavy atom. The lowest BCUT2D eigenvalue weighted by Gasteiger charge is -2.50. The number of anilines is 1. The molecule has 4 fully saturated rings. The van der Waals surface area contributed by atoms with Crippen LogP contribution in [-0.2, 0) is 0 Å². The van der Waals surface area contributed by atoms with E-state index in [1.54, 1.807) is 0 Å². The Labute approximate surface area is 189 Å². The van der Waals surface area contributed by atoms with Crippen molar-refractivity contribution in [3.05, 3.63) is 29.8 Å². The number of nitrogens with zero attached hydrogens (tertiary/aromatic N) is 3. The number of amides is 1. The van der Waals surface area contributed by atoms with Gasteiger partial charge in [-0.3, -0.25) is 4.79 Å². The van der Waals surface area contributed by atoms with Gasteiger partial charge in [-0.1, -0.05) is 20.3 Å². The average Bonchev–Trinajstić information content (AvgIpc) is 2.74. The summed E-state index contributed by atoms with van der Waals surface area (Å²) >= 11 is 0. The largest absolute Gasteiger partial charge is 0.371 e. The van der Waals surface area contributed by atoms with Crippen LogP contribution in [0.2, 0.25) is 0 Å². The minimum absolute atomic E-state index is 0.209. The van der Waals surface area contributed by atoms with Crippen molar-refractivity contribution in [3.8, 4) is 0 Å². The fourth-order valence-electron chi connectivity index (χ4n) is 6.68. The normalized spacial score (nSPS) is 29.7. The smallest absolute Gasteiger partial charge is 0.253 e. The fraction of sp³-hybridized carbons (Fsp3) is 0.741. The van der Waals surface area contributed by atoms with Gasteiger partial charge in [0.2, 0.25) is 0 Å². The third kappa shape index (κ3) is 4.51. The molecule has 1 amide bonds. The molecule has 1 spiro atoms. The topological polar surface area (TPSA) is 26.8 Å². The summed E-state index contributed by atoms with van der Waals surface area (Å²) in [5.41, 5.74) is 2.73. The Balaban J connectivity index is 1.15. The molecule has 170 valence electrons. The second-order valence-corrected chi connectivity index (χ2v) is 11.3. The lowest BCUT2D eigenvalue weighted by atomic mass is 9.70. The minimum Gasteiger partial charge on any atom is -0.371 e. The number of rotatable bonds is 3. The van der Waals surface area contributed by atoms with E-state index in [0.29, 0.717) is 17.3 Å². The summed E-state index contributed by atoms with van der Waals surface area (Å²) in [7, 11) is 0. The zero-order chi connectivity index (χ0) is 21.4. The monoisotopic (exact) mass is 423 g/mol. The number of carbonyl (C=O) groups excluding carboxylic acids is 1. The number of hydrogen-bond acceptors (Lipinski definition) is 3. The van der Waals surface area contributed by atoms with Crippen molar-refractivity contribution in [2.45, 2.75) is 71.3 Å². The van der Waals surface area contributed by atoms with Crippen LogP contribution in [0.4, 0.5) is 5.69 Å². The Hall–Kier alpha value is -1.55. The summed E-state index contributed by atoms with van der Waals surface area (Å²) < 4.78 is 0. The summed E-state index contributed by atoms with van der Waals surface area (Å²) in [6.07, 6.45) is 11.0. The first-order valence-electron chi connectivity index (χ1n) is 12.9. The van der Waals surface area contributed by atoms with E-state index in [-0.39, 0.29) is 5.91 Å². The number of likely N-dealkylation sites (tertiary alicyclic amines) is 2. The molecule has 4 aliphatic rings. The Bertz CT molecular complexity index is 743. The summed E-state index contributed by atoms with van der Waals surface area (Å²) in [4.78, 5) is 20.4. The molecule has 3 heterocycles. The molecule has 0 bridgehead atoms. The van der Waals surface area contributed by atoms with Gasteiger partial charge in [-0.2, -0.15) is 0 Å². The van der Waals surface area contributed by atoms with Gasteiger partial charge in [0.15, 0.2) is 0 Å². The maximum Gasteiger partial charge on any atom is 0.253 e. The second kappa shape index (κ2) is 8.77. The van der Waals surface area contributed by atoms with Gasteiger partial charge in [-0.15, -0.1) is 0 Å². The van der Waals surface area contributed by atoms with Crippen LogP contribution in [0.3, 0.4) is 0 Å². The molecule has 1 aromatic carbocycles. The predicted molar refractivity (Wildman–Crippen MR) is 128 cm³/mol. The number of piperidine rings is 3. The fourth-order valence-corrected chi connectivity index (χ4v) is 6.68. The number of hydrogen-bond donors (Lipinski definition) is 0. The molecule has 4 heteroatoms. The van der Waals surface area contributed by atoms with Crippen LogP contribution < -0.4 is 4.90 Å². The van der Waals surface area contributed by atoms with E-state index in [2.05, 4.69) is 52.8 Å². The van der Waals surface area contributed by atoms with Crippen LogP contribution in [0.25, 0.3) is 0 Å². The first-order chi connectivity index (χ1) is 15.0. The van der Waals surface area contributed by atoms with Gasteiger partial charge < -0.3 is 14.7 Å². The van der Waals surface area contributed by atoms with E-state index in [1.807, 2.05) is 0 Å². The van der Waals surface area contributed by atoms with Crippen molar-refractivity contribution < 1.29 is 4.79 Å². The van der Waals surface area contributed by atoms with E-state index in [9.17, 15) is 4.79 Å². The molecule has 2 unspecified atom stereocenters. The standard InChI is InChI=1S/C27H41N3O/c1-21-18-22(2)20-30(19-21)26(31)23-6-8-25(9-7-23)29-16-12-27(13-17-29)10-14-28(15-11-27)24-4-3-5-24/h6-9,21-22,24H,3-5,10-20H2,1-2H3. The molecule has 5 rings (SSSR count). The molecule has 1 aliphatic carbocycles. The Kier molecular flexibility index (Phi) is 6.02. The highest BCUT2D eigenvalue weighted by Crippen LogP contribution is 2.43. The van der Waals surface area contributed by atoms with Crippen LogP contribution in [0, 0.1) is 17.3 Å². The summed E-state index contributed by atoms with van der Waals surface area (Å²) in [6, 6.07) is 9.39. The van der Waals surface area contributed by atoms with E-state index in [0.717, 1.165) is 37.8 Å². The van der Waals surface area contributed by atoms with E-state index < -0.39 is 0 Å². The molecule has 31 heavy (non-hydrogen) atoms. The van der Waals surface area contributed by atoms with Crippen LogP contribution in [-0.4, -0.2) is 61.0 Å². The molecule has 1 saturated carbocycles. The molecule has 3 aliphatic heterocycles. The van der Waals surface area contributed by atoms with Crippen molar-refractivity contribution in [2.75, 3.05) is 44.2 Å². The summed E-state index contributed by atoms with van der Waals surface area (Å²) in [6.45, 7) is 11.3. The van der Waals surface area contributed by atoms with Gasteiger partial charge in [0.1, 0.15) is 0 Å². The van der Waals surface area contributed by atoms with Crippen LogP contribution in [0.5, 0.6) is 0 Å². The molecule has 3 saturated heterocycles. The van der Waals surface area contributed by atoms with Gasteiger partial charge in [-0.05, 0) is 99.6 Å². The van der Waals surface area contributed by atoms with Crippen LogP contribution in [0.15, 0.2) is 24.3 Å². The minimum atomic E-state index is 0.209. The molecule has 4 nitrogen and oxygen atoms in total. The third-order valence-electron chi connectivity index (χ3n) is 8.91. The molecule has 0 N–H and O–H groups in total. The molecule has 0 radical (unpaired) electrons. The van der Waals surface area contributed by atoms with Crippen molar-refractivity contribution >= 4 is 11.6 Å². The van der Waals surface area contributed by atoms with Gasteiger partial charge in [-0.25, -0.2) is 0 Å². The molecule has 2 atom stereocenters. The maximum absolute atomic E-state index is 13.0. The van der Waals surface area contributed by atoms with Crippen molar-refractivity contribution in [3.63, 3.8) is 0 Å². The van der Waals surface area contributed by atoms with Gasteiger partial charge in [0.05, 0.1) is 0 Å². The van der Waals surface area contributed by atoms with Crippen LogP contribution >= 0.6 is 0 Å². The van der Waals surface area contributed by atoms with Crippen molar-refractivity contribution in [1.82, 2.24) is 9.80 Å². The van der Waals surface area contributed by atoms with Crippen molar-refractivity contribution in [1.29, 1.82) is 0 Å². The summed E-state index contributed by atoms with van der Waals surface area (Å²) in [5.74, 6) is 1.42. The zero-order valence-electron chi connectivity index (χ0n) is 19.7. The third-order valence-corrected chi connectivity index (χ3v) is 8.91. The molecule has 1 aromatic rings. The second-order valence-electron chi connectivity index (χ2n) is 11.3. The van der Waals surface area contributed by atoms with Crippen LogP contribution in [0.1, 0.15) is 75.6 Å². The van der Waals surface area contributed by atoms with E-state index >= 15 is 0 Å². The Morgan fingerprint density at radius 3 is 2.00 bits per heavy atom. The lowest BCUT2D eigenvalue weighted by molar-refractivity contribution is 0.0306. The molecule has 0 aromatic heterocycles. The summed E-state index contributed by atoms with van der Waals surface area (Å²) in [5, 5.41) is 0. The van der Waals surface area contributed by atoms with E-state index in [1.165, 1.54) is 70.1 Å². The predicted octanol–water partition coefficient (Wildman–Crippen LogP) is 5.04. The number of benzene rings is 1. The maximum atomic E-state index is 13.0. The van der Waals surface area contributed by atoms with Crippen molar-refractivity contribution in [2.24, 2.45) is 17.3 Å². The Morgan fingerprint density at radius 2 is 1.45 bits per heavy atom. The first kappa shape index (κ1) is 21.3. The van der Waals surface area contributed by atoms with Gasteiger partial charge in [0, 0.05) is 43.5 Å². The SMILES string of the molecule is CC1CC(C)CN(C(=O)c2ccc(N3CCC4(CC3)CCN(C3CCC3)CC4)cc2)C1. The molecular formula is C27H41N3O. The zero-order valence-corrected chi connectivity index (χ0v) is 19.7.